The molecule has 0 atom stereocenters. The van der Waals surface area contributed by atoms with E-state index < -0.39 is 0 Å². The Labute approximate surface area is 133 Å². The van der Waals surface area contributed by atoms with Crippen LogP contribution < -0.4 is 4.74 Å². The van der Waals surface area contributed by atoms with Crippen LogP contribution in [-0.4, -0.2) is 19.6 Å². The van der Waals surface area contributed by atoms with Crippen molar-refractivity contribution in [2.75, 3.05) is 0 Å². The summed E-state index contributed by atoms with van der Waals surface area (Å²) in [5.41, 5.74) is 4.85. The molecule has 5 nitrogen and oxygen atoms in total. The number of fused-ring (bicyclic) bond motifs is 3. The molecule has 2 heterocycles. The first-order valence-corrected chi connectivity index (χ1v) is 7.49. The smallest absolute Gasteiger partial charge is 0.266 e. The molecule has 2 aromatic heterocycles. The van der Waals surface area contributed by atoms with Crippen LogP contribution in [0.5, 0.6) is 11.6 Å². The Hall–Kier alpha value is -2.95. The van der Waals surface area contributed by atoms with Crippen LogP contribution in [0, 0.1) is 20.8 Å². The van der Waals surface area contributed by atoms with Gasteiger partial charge in [-0.15, -0.1) is 10.2 Å². The van der Waals surface area contributed by atoms with Gasteiger partial charge in [0.05, 0.1) is 11.0 Å². The zero-order chi connectivity index (χ0) is 16.0. The fourth-order valence-corrected chi connectivity index (χ4v) is 2.65. The van der Waals surface area contributed by atoms with Gasteiger partial charge in [0.1, 0.15) is 11.6 Å². The molecule has 0 radical (unpaired) electrons. The summed E-state index contributed by atoms with van der Waals surface area (Å²) in [5, 5.41) is 8.40. The maximum atomic E-state index is 6.01. The summed E-state index contributed by atoms with van der Waals surface area (Å²) in [6.45, 7) is 6.06. The van der Waals surface area contributed by atoms with E-state index in [4.69, 9.17) is 4.74 Å². The summed E-state index contributed by atoms with van der Waals surface area (Å²) >= 11 is 0. The van der Waals surface area contributed by atoms with E-state index in [1.807, 2.05) is 53.8 Å². The van der Waals surface area contributed by atoms with Gasteiger partial charge in [-0.25, -0.2) is 4.98 Å². The lowest BCUT2D eigenvalue weighted by Crippen LogP contribution is -1.98. The van der Waals surface area contributed by atoms with Gasteiger partial charge in [-0.1, -0.05) is 18.2 Å². The molecule has 4 aromatic rings. The van der Waals surface area contributed by atoms with Gasteiger partial charge in [-0.3, -0.25) is 4.40 Å². The van der Waals surface area contributed by atoms with Crippen molar-refractivity contribution < 1.29 is 4.74 Å². The number of hydrogen-bond acceptors (Lipinski definition) is 4. The van der Waals surface area contributed by atoms with Crippen LogP contribution in [0.1, 0.15) is 17.0 Å². The van der Waals surface area contributed by atoms with Gasteiger partial charge in [-0.2, -0.15) is 0 Å². The summed E-state index contributed by atoms with van der Waals surface area (Å²) in [4.78, 5) is 4.62. The Bertz CT molecular complexity index is 1040. The van der Waals surface area contributed by atoms with E-state index in [9.17, 15) is 0 Å². The number of rotatable bonds is 2. The highest BCUT2D eigenvalue weighted by molar-refractivity contribution is 5.79. The molecule has 23 heavy (non-hydrogen) atoms. The average molecular weight is 304 g/mol. The number of ether oxygens (including phenoxy) is 1. The van der Waals surface area contributed by atoms with Gasteiger partial charge in [-0.05, 0) is 56.2 Å². The standard InChI is InChI=1S/C18H16N4O/c1-11-8-9-14(10-12(11)2)23-18-17-21-20-13(3)22(17)16-7-5-4-6-15(16)19-18/h4-10H,1-3H3. The van der Waals surface area contributed by atoms with Gasteiger partial charge in [0.25, 0.3) is 5.88 Å². The van der Waals surface area contributed by atoms with Crippen LogP contribution in [0.15, 0.2) is 42.5 Å². The van der Waals surface area contributed by atoms with Gasteiger partial charge < -0.3 is 4.74 Å². The summed E-state index contributed by atoms with van der Waals surface area (Å²) in [6, 6.07) is 13.9. The van der Waals surface area contributed by atoms with Crippen LogP contribution in [-0.2, 0) is 0 Å². The third kappa shape index (κ3) is 2.21. The summed E-state index contributed by atoms with van der Waals surface area (Å²) < 4.78 is 7.99. The molecule has 114 valence electrons. The van der Waals surface area contributed by atoms with Gasteiger partial charge in [0, 0.05) is 0 Å². The van der Waals surface area contributed by atoms with E-state index in [1.54, 1.807) is 0 Å². The maximum absolute atomic E-state index is 6.01. The predicted octanol–water partition coefficient (Wildman–Crippen LogP) is 4.00. The summed E-state index contributed by atoms with van der Waals surface area (Å²) in [6.07, 6.45) is 0. The molecule has 0 spiro atoms. The molecule has 5 heteroatoms. The molecule has 4 rings (SSSR count). The maximum Gasteiger partial charge on any atom is 0.266 e. The Kier molecular flexibility index (Phi) is 3.01. The van der Waals surface area contributed by atoms with Crippen molar-refractivity contribution in [3.8, 4) is 11.6 Å². The molecular weight excluding hydrogens is 288 g/mol. The fraction of sp³-hybridized carbons (Fsp3) is 0.167. The van der Waals surface area contributed by atoms with E-state index in [0.717, 1.165) is 22.6 Å². The first-order valence-electron chi connectivity index (χ1n) is 7.49. The zero-order valence-corrected chi connectivity index (χ0v) is 13.2. The van der Waals surface area contributed by atoms with E-state index in [-0.39, 0.29) is 0 Å². The third-order valence-electron chi connectivity index (χ3n) is 4.05. The predicted molar refractivity (Wildman–Crippen MR) is 89.0 cm³/mol. The lowest BCUT2D eigenvalue weighted by Gasteiger charge is -2.10. The quantitative estimate of drug-likeness (QED) is 0.562. The van der Waals surface area contributed by atoms with Crippen molar-refractivity contribution >= 4 is 16.7 Å². The second-order valence-corrected chi connectivity index (χ2v) is 5.66. The number of para-hydroxylation sites is 2. The van der Waals surface area contributed by atoms with Crippen LogP contribution in [0.25, 0.3) is 16.7 Å². The molecule has 0 fully saturated rings. The molecule has 2 aromatic carbocycles. The van der Waals surface area contributed by atoms with E-state index in [0.29, 0.717) is 11.5 Å². The Morgan fingerprint density at radius 2 is 1.74 bits per heavy atom. The van der Waals surface area contributed by atoms with Crippen LogP contribution in [0.4, 0.5) is 0 Å². The molecule has 0 aliphatic rings. The Morgan fingerprint density at radius 3 is 2.57 bits per heavy atom. The fourth-order valence-electron chi connectivity index (χ4n) is 2.65. The topological polar surface area (TPSA) is 52.3 Å². The van der Waals surface area contributed by atoms with Gasteiger partial charge in [0.15, 0.2) is 0 Å². The number of aryl methyl sites for hydroxylation is 3. The molecule has 0 aliphatic heterocycles. The lowest BCUT2D eigenvalue weighted by molar-refractivity contribution is 0.467. The average Bonchev–Trinajstić information content (AvgIpc) is 2.94. The number of aromatic nitrogens is 4. The minimum atomic E-state index is 0.465. The van der Waals surface area contributed by atoms with E-state index >= 15 is 0 Å². The summed E-state index contributed by atoms with van der Waals surface area (Å²) in [7, 11) is 0. The highest BCUT2D eigenvalue weighted by Crippen LogP contribution is 2.28. The highest BCUT2D eigenvalue weighted by atomic mass is 16.5. The Balaban J connectivity index is 1.93. The van der Waals surface area contributed by atoms with Crippen LogP contribution in [0.2, 0.25) is 0 Å². The Morgan fingerprint density at radius 1 is 0.913 bits per heavy atom. The molecular formula is C18H16N4O. The van der Waals surface area contributed by atoms with Crippen molar-refractivity contribution in [3.63, 3.8) is 0 Å². The van der Waals surface area contributed by atoms with Crippen molar-refractivity contribution in [3.05, 3.63) is 59.4 Å². The van der Waals surface area contributed by atoms with Crippen LogP contribution >= 0.6 is 0 Å². The second kappa shape index (κ2) is 5.05. The molecule has 0 N–H and O–H groups in total. The molecule has 0 saturated carbocycles. The minimum absolute atomic E-state index is 0.465. The highest BCUT2D eigenvalue weighted by Gasteiger charge is 2.14. The molecule has 0 saturated heterocycles. The molecule has 0 unspecified atom stereocenters. The molecule has 0 bridgehead atoms. The first-order chi connectivity index (χ1) is 11.1. The molecule has 0 aliphatic carbocycles. The lowest BCUT2D eigenvalue weighted by atomic mass is 10.1. The van der Waals surface area contributed by atoms with Crippen molar-refractivity contribution in [2.45, 2.75) is 20.8 Å². The largest absolute Gasteiger partial charge is 0.436 e. The van der Waals surface area contributed by atoms with Crippen molar-refractivity contribution in [1.29, 1.82) is 0 Å². The van der Waals surface area contributed by atoms with Crippen molar-refractivity contribution in [2.24, 2.45) is 0 Å². The normalized spacial score (nSPS) is 11.3. The summed E-state index contributed by atoms with van der Waals surface area (Å²) in [5.74, 6) is 2.02. The van der Waals surface area contributed by atoms with Gasteiger partial charge >= 0.3 is 0 Å². The SMILES string of the molecule is Cc1ccc(Oc2nc3ccccc3n3c(C)nnc23)cc1C. The molecule has 0 amide bonds. The van der Waals surface area contributed by atoms with E-state index in [2.05, 4.69) is 29.0 Å². The second-order valence-electron chi connectivity index (χ2n) is 5.66. The minimum Gasteiger partial charge on any atom is -0.436 e. The van der Waals surface area contributed by atoms with Crippen LogP contribution in [0.3, 0.4) is 0 Å². The number of benzene rings is 2. The van der Waals surface area contributed by atoms with Gasteiger partial charge in [0.2, 0.25) is 5.65 Å². The van der Waals surface area contributed by atoms with E-state index in [1.165, 1.54) is 11.1 Å². The third-order valence-corrected chi connectivity index (χ3v) is 4.05. The number of hydrogen-bond donors (Lipinski definition) is 0. The number of nitrogens with zero attached hydrogens (tertiary/aromatic N) is 4. The first kappa shape index (κ1) is 13.7. The van der Waals surface area contributed by atoms with Crippen molar-refractivity contribution in [1.82, 2.24) is 19.6 Å². The zero-order valence-electron chi connectivity index (χ0n) is 13.2. The monoisotopic (exact) mass is 304 g/mol.